The van der Waals surface area contributed by atoms with Crippen molar-refractivity contribution < 1.29 is 13.2 Å². The van der Waals surface area contributed by atoms with E-state index in [1.165, 1.54) is 12.1 Å². The molecule has 1 aromatic carbocycles. The number of nitrogens with two attached hydrogens (primary N) is 1. The highest BCUT2D eigenvalue weighted by atomic mass is 32.2. The highest BCUT2D eigenvalue weighted by Crippen LogP contribution is 2.31. The number of alkyl halides is 3. The molecule has 1 fully saturated rings. The summed E-state index contributed by atoms with van der Waals surface area (Å²) in [6.45, 7) is 4.25. The number of aliphatic imine (C=N–C) groups is 1. The molecule has 0 radical (unpaired) electrons. The summed E-state index contributed by atoms with van der Waals surface area (Å²) in [6, 6.07) is 5.51. The molecule has 1 heterocycles. The highest BCUT2D eigenvalue weighted by Gasteiger charge is 2.30. The standard InChI is InChI=1S/C16H22F3N3S/c1-12(13-3-2-4-14(11-13)16(17,18)19)5-6-21-15(20)22-7-9-23-10-8-22/h2-4,11-12H,5-10H2,1H3,(H2,20,21). The van der Waals surface area contributed by atoms with Crippen molar-refractivity contribution in [1.29, 1.82) is 0 Å². The molecule has 7 heteroatoms. The van der Waals surface area contributed by atoms with Crippen molar-refractivity contribution in [2.75, 3.05) is 31.1 Å². The fourth-order valence-corrected chi connectivity index (χ4v) is 3.36. The minimum Gasteiger partial charge on any atom is -0.370 e. The van der Waals surface area contributed by atoms with Gasteiger partial charge in [-0.1, -0.05) is 25.1 Å². The number of guanidine groups is 1. The van der Waals surface area contributed by atoms with Crippen LogP contribution in [0.15, 0.2) is 29.3 Å². The molecule has 128 valence electrons. The van der Waals surface area contributed by atoms with Crippen molar-refractivity contribution in [1.82, 2.24) is 4.90 Å². The summed E-state index contributed by atoms with van der Waals surface area (Å²) < 4.78 is 38.2. The summed E-state index contributed by atoms with van der Waals surface area (Å²) in [4.78, 5) is 6.43. The molecule has 1 saturated heterocycles. The van der Waals surface area contributed by atoms with Crippen molar-refractivity contribution >= 4 is 17.7 Å². The van der Waals surface area contributed by atoms with E-state index in [1.807, 2.05) is 18.7 Å². The van der Waals surface area contributed by atoms with Crippen LogP contribution >= 0.6 is 11.8 Å². The lowest BCUT2D eigenvalue weighted by molar-refractivity contribution is -0.137. The van der Waals surface area contributed by atoms with Gasteiger partial charge in [-0.3, -0.25) is 4.99 Å². The molecule has 0 aromatic heterocycles. The summed E-state index contributed by atoms with van der Waals surface area (Å²) in [5.74, 6) is 2.65. The first kappa shape index (κ1) is 18.0. The maximum atomic E-state index is 12.7. The molecule has 0 aliphatic carbocycles. The molecule has 0 amide bonds. The maximum Gasteiger partial charge on any atom is 0.416 e. The summed E-state index contributed by atoms with van der Waals surface area (Å²) in [5, 5.41) is 0. The third kappa shape index (κ3) is 5.34. The molecule has 2 rings (SSSR count). The number of hydrogen-bond donors (Lipinski definition) is 1. The van der Waals surface area contributed by atoms with Gasteiger partial charge in [-0.25, -0.2) is 0 Å². The van der Waals surface area contributed by atoms with Crippen LogP contribution in [0.5, 0.6) is 0 Å². The second-order valence-corrected chi connectivity index (χ2v) is 6.88. The number of nitrogens with zero attached hydrogens (tertiary/aromatic N) is 2. The minimum atomic E-state index is -4.30. The average Bonchev–Trinajstić information content (AvgIpc) is 2.54. The summed E-state index contributed by atoms with van der Waals surface area (Å²) in [7, 11) is 0. The van der Waals surface area contributed by atoms with E-state index in [9.17, 15) is 13.2 Å². The molecule has 0 spiro atoms. The van der Waals surface area contributed by atoms with Crippen molar-refractivity contribution in [3.05, 3.63) is 35.4 Å². The number of benzene rings is 1. The van der Waals surface area contributed by atoms with E-state index in [-0.39, 0.29) is 5.92 Å². The van der Waals surface area contributed by atoms with E-state index < -0.39 is 11.7 Å². The Labute approximate surface area is 139 Å². The predicted molar refractivity (Wildman–Crippen MR) is 89.9 cm³/mol. The van der Waals surface area contributed by atoms with Crippen molar-refractivity contribution in [3.8, 4) is 0 Å². The van der Waals surface area contributed by atoms with Gasteiger partial charge in [0.25, 0.3) is 0 Å². The van der Waals surface area contributed by atoms with E-state index in [0.29, 0.717) is 24.5 Å². The van der Waals surface area contributed by atoms with Crippen molar-refractivity contribution in [2.45, 2.75) is 25.4 Å². The smallest absolute Gasteiger partial charge is 0.370 e. The Kier molecular flexibility index (Phi) is 6.21. The van der Waals surface area contributed by atoms with Gasteiger partial charge in [0.1, 0.15) is 0 Å². The minimum absolute atomic E-state index is 0.00533. The third-order valence-corrected chi connectivity index (χ3v) is 4.90. The topological polar surface area (TPSA) is 41.6 Å². The second kappa shape index (κ2) is 7.95. The third-order valence-electron chi connectivity index (χ3n) is 3.95. The van der Waals surface area contributed by atoms with Gasteiger partial charge in [-0.2, -0.15) is 24.9 Å². The van der Waals surface area contributed by atoms with Crippen LogP contribution < -0.4 is 5.73 Å². The zero-order valence-electron chi connectivity index (χ0n) is 13.1. The van der Waals surface area contributed by atoms with E-state index in [0.717, 1.165) is 30.7 Å². The van der Waals surface area contributed by atoms with Gasteiger partial charge in [-0.15, -0.1) is 0 Å². The maximum absolute atomic E-state index is 12.7. The second-order valence-electron chi connectivity index (χ2n) is 5.65. The van der Waals surface area contributed by atoms with Gasteiger partial charge >= 0.3 is 6.18 Å². The fraction of sp³-hybridized carbons (Fsp3) is 0.562. The Morgan fingerprint density at radius 2 is 2.04 bits per heavy atom. The molecule has 1 aromatic rings. The van der Waals surface area contributed by atoms with Gasteiger partial charge in [0.15, 0.2) is 5.96 Å². The highest BCUT2D eigenvalue weighted by molar-refractivity contribution is 7.99. The molecule has 1 atom stereocenters. The van der Waals surface area contributed by atoms with E-state index in [1.54, 1.807) is 6.07 Å². The summed E-state index contributed by atoms with van der Waals surface area (Å²) in [5.41, 5.74) is 6.05. The first-order valence-corrected chi connectivity index (χ1v) is 8.83. The Balaban J connectivity index is 1.90. The molecule has 0 bridgehead atoms. The molecular formula is C16H22F3N3S. The van der Waals surface area contributed by atoms with Crippen LogP contribution in [-0.2, 0) is 6.18 Å². The molecule has 3 nitrogen and oxygen atoms in total. The van der Waals surface area contributed by atoms with Crippen LogP contribution in [0, 0.1) is 0 Å². The van der Waals surface area contributed by atoms with Crippen LogP contribution in [0.4, 0.5) is 13.2 Å². The van der Waals surface area contributed by atoms with Gasteiger partial charge in [0.05, 0.1) is 5.56 Å². The van der Waals surface area contributed by atoms with Gasteiger partial charge in [-0.05, 0) is 24.0 Å². The molecule has 1 aliphatic rings. The first-order valence-electron chi connectivity index (χ1n) is 7.67. The van der Waals surface area contributed by atoms with Crippen LogP contribution in [0.1, 0.15) is 30.4 Å². The SMILES string of the molecule is CC(CCN=C(N)N1CCSCC1)c1cccc(C(F)(F)F)c1. The predicted octanol–water partition coefficient (Wildman–Crippen LogP) is 3.56. The molecule has 1 aliphatic heterocycles. The van der Waals surface area contributed by atoms with E-state index in [4.69, 9.17) is 5.73 Å². The zero-order chi connectivity index (χ0) is 16.9. The average molecular weight is 345 g/mol. The lowest BCUT2D eigenvalue weighted by Crippen LogP contribution is -2.42. The lowest BCUT2D eigenvalue weighted by atomic mass is 9.96. The summed E-state index contributed by atoms with van der Waals surface area (Å²) in [6.07, 6.45) is -3.63. The van der Waals surface area contributed by atoms with Gasteiger partial charge in [0, 0.05) is 31.1 Å². The molecule has 1 unspecified atom stereocenters. The number of hydrogen-bond acceptors (Lipinski definition) is 2. The Bertz CT molecular complexity index is 540. The van der Waals surface area contributed by atoms with E-state index >= 15 is 0 Å². The molecule has 0 saturated carbocycles. The number of halogens is 3. The largest absolute Gasteiger partial charge is 0.416 e. The van der Waals surface area contributed by atoms with Gasteiger partial charge < -0.3 is 10.6 Å². The normalized spacial score (nSPS) is 18.1. The lowest BCUT2D eigenvalue weighted by Gasteiger charge is -2.27. The zero-order valence-corrected chi connectivity index (χ0v) is 14.0. The Morgan fingerprint density at radius 3 is 2.70 bits per heavy atom. The first-order chi connectivity index (χ1) is 10.9. The van der Waals surface area contributed by atoms with E-state index in [2.05, 4.69) is 9.89 Å². The molecule has 2 N–H and O–H groups in total. The number of rotatable bonds is 4. The molecule has 23 heavy (non-hydrogen) atoms. The van der Waals surface area contributed by atoms with Gasteiger partial charge in [0.2, 0.25) is 0 Å². The van der Waals surface area contributed by atoms with Crippen molar-refractivity contribution in [3.63, 3.8) is 0 Å². The fourth-order valence-electron chi connectivity index (χ4n) is 2.45. The van der Waals surface area contributed by atoms with Crippen LogP contribution in [-0.4, -0.2) is 42.0 Å². The Morgan fingerprint density at radius 1 is 1.35 bits per heavy atom. The van der Waals surface area contributed by atoms with Crippen LogP contribution in [0.3, 0.4) is 0 Å². The monoisotopic (exact) mass is 345 g/mol. The van der Waals surface area contributed by atoms with Crippen LogP contribution in [0.25, 0.3) is 0 Å². The summed E-state index contributed by atoms with van der Waals surface area (Å²) >= 11 is 1.90. The number of thioether (sulfide) groups is 1. The van der Waals surface area contributed by atoms with Crippen molar-refractivity contribution in [2.24, 2.45) is 10.7 Å². The Hall–Kier alpha value is -1.37. The van der Waals surface area contributed by atoms with Crippen LogP contribution in [0.2, 0.25) is 0 Å². The molecular weight excluding hydrogens is 323 g/mol. The quantitative estimate of drug-likeness (QED) is 0.670.